The van der Waals surface area contributed by atoms with E-state index in [1.807, 2.05) is 18.2 Å². The monoisotopic (exact) mass is 309 g/mol. The minimum absolute atomic E-state index is 0.245. The van der Waals surface area contributed by atoms with Crippen LogP contribution >= 0.6 is 15.9 Å². The smallest absolute Gasteiger partial charge is 0.124 e. The normalized spacial score (nSPS) is 10.4. The molecule has 0 bridgehead atoms. The molecule has 0 aromatic heterocycles. The zero-order valence-corrected chi connectivity index (χ0v) is 11.3. The Morgan fingerprint density at radius 2 is 1.83 bits per heavy atom. The van der Waals surface area contributed by atoms with E-state index in [4.69, 9.17) is 10.5 Å². The maximum absolute atomic E-state index is 12.8. The molecule has 0 fully saturated rings. The van der Waals surface area contributed by atoms with Gasteiger partial charge in [-0.25, -0.2) is 4.39 Å². The zero-order valence-electron chi connectivity index (χ0n) is 9.70. The molecule has 94 valence electrons. The molecule has 0 saturated heterocycles. The highest BCUT2D eigenvalue weighted by Gasteiger charge is 2.03. The Hall–Kier alpha value is -1.39. The highest BCUT2D eigenvalue weighted by molar-refractivity contribution is 9.10. The highest BCUT2D eigenvalue weighted by Crippen LogP contribution is 2.23. The van der Waals surface area contributed by atoms with E-state index in [0.29, 0.717) is 13.2 Å². The molecule has 0 saturated carbocycles. The molecule has 2 N–H and O–H groups in total. The van der Waals surface area contributed by atoms with Gasteiger partial charge in [0.05, 0.1) is 0 Å². The fourth-order valence-corrected chi connectivity index (χ4v) is 2.00. The van der Waals surface area contributed by atoms with Crippen LogP contribution in [-0.2, 0) is 13.2 Å². The van der Waals surface area contributed by atoms with Gasteiger partial charge in [-0.1, -0.05) is 28.1 Å². The maximum atomic E-state index is 12.8. The first kappa shape index (κ1) is 13.1. The summed E-state index contributed by atoms with van der Waals surface area (Å²) in [5.74, 6) is 0.509. The molecule has 0 radical (unpaired) electrons. The summed E-state index contributed by atoms with van der Waals surface area (Å²) in [4.78, 5) is 0. The molecule has 2 nitrogen and oxygen atoms in total. The fraction of sp³-hybridized carbons (Fsp3) is 0.143. The van der Waals surface area contributed by atoms with Crippen LogP contribution in [-0.4, -0.2) is 0 Å². The molecule has 0 atom stereocenters. The van der Waals surface area contributed by atoms with Crippen LogP contribution in [0, 0.1) is 5.82 Å². The molecule has 2 aromatic rings. The molecular weight excluding hydrogens is 297 g/mol. The van der Waals surface area contributed by atoms with Gasteiger partial charge in [-0.2, -0.15) is 0 Å². The Morgan fingerprint density at radius 3 is 2.50 bits per heavy atom. The molecule has 0 aliphatic heterocycles. The van der Waals surface area contributed by atoms with E-state index < -0.39 is 0 Å². The number of benzene rings is 2. The van der Waals surface area contributed by atoms with Gasteiger partial charge in [-0.3, -0.25) is 0 Å². The Balaban J connectivity index is 2.08. The van der Waals surface area contributed by atoms with Crippen LogP contribution in [0.5, 0.6) is 5.75 Å². The van der Waals surface area contributed by atoms with E-state index in [9.17, 15) is 4.39 Å². The SMILES string of the molecule is NCc1cc(Br)ccc1OCc1ccc(F)cc1. The average Bonchev–Trinajstić information content (AvgIpc) is 2.39. The van der Waals surface area contributed by atoms with Crippen molar-refractivity contribution in [3.63, 3.8) is 0 Å². The van der Waals surface area contributed by atoms with Gasteiger partial charge in [-0.15, -0.1) is 0 Å². The summed E-state index contributed by atoms with van der Waals surface area (Å²) in [5, 5.41) is 0. The number of ether oxygens (including phenoxy) is 1. The number of hydrogen-bond donors (Lipinski definition) is 1. The first-order chi connectivity index (χ1) is 8.69. The van der Waals surface area contributed by atoms with Crippen molar-refractivity contribution >= 4 is 15.9 Å². The second-order valence-electron chi connectivity index (χ2n) is 3.87. The van der Waals surface area contributed by atoms with E-state index in [-0.39, 0.29) is 5.82 Å². The summed E-state index contributed by atoms with van der Waals surface area (Å²) < 4.78 is 19.4. The topological polar surface area (TPSA) is 35.2 Å². The van der Waals surface area contributed by atoms with E-state index in [0.717, 1.165) is 21.3 Å². The predicted molar refractivity (Wildman–Crippen MR) is 72.8 cm³/mol. The van der Waals surface area contributed by atoms with Gasteiger partial charge in [0.1, 0.15) is 18.2 Å². The van der Waals surface area contributed by atoms with Crippen molar-refractivity contribution in [2.75, 3.05) is 0 Å². The lowest BCUT2D eigenvalue weighted by Gasteiger charge is -2.10. The fourth-order valence-electron chi connectivity index (χ4n) is 1.59. The second-order valence-corrected chi connectivity index (χ2v) is 4.79. The first-order valence-electron chi connectivity index (χ1n) is 5.55. The summed E-state index contributed by atoms with van der Waals surface area (Å²) in [6, 6.07) is 12.0. The van der Waals surface area contributed by atoms with Crippen molar-refractivity contribution in [2.24, 2.45) is 5.73 Å². The number of hydrogen-bond acceptors (Lipinski definition) is 2. The van der Waals surface area contributed by atoms with Crippen molar-refractivity contribution in [2.45, 2.75) is 13.2 Å². The van der Waals surface area contributed by atoms with Gasteiger partial charge in [0.15, 0.2) is 0 Å². The molecule has 18 heavy (non-hydrogen) atoms. The molecule has 0 spiro atoms. The van der Waals surface area contributed by atoms with Crippen molar-refractivity contribution in [1.29, 1.82) is 0 Å². The lowest BCUT2D eigenvalue weighted by Crippen LogP contribution is -2.02. The maximum Gasteiger partial charge on any atom is 0.124 e. The van der Waals surface area contributed by atoms with Crippen LogP contribution in [0.3, 0.4) is 0 Å². The Kier molecular flexibility index (Phi) is 4.33. The Morgan fingerprint density at radius 1 is 1.11 bits per heavy atom. The average molecular weight is 310 g/mol. The summed E-state index contributed by atoms with van der Waals surface area (Å²) in [7, 11) is 0. The molecule has 4 heteroatoms. The standard InChI is InChI=1S/C14H13BrFNO/c15-12-3-6-14(11(7-12)8-17)18-9-10-1-4-13(16)5-2-10/h1-7H,8-9,17H2. The Bertz CT molecular complexity index is 528. The molecule has 0 aliphatic carbocycles. The zero-order chi connectivity index (χ0) is 13.0. The largest absolute Gasteiger partial charge is 0.489 e. The van der Waals surface area contributed by atoms with Crippen LogP contribution in [0.4, 0.5) is 4.39 Å². The number of halogens is 2. The molecule has 2 rings (SSSR count). The van der Waals surface area contributed by atoms with Crippen molar-refractivity contribution < 1.29 is 9.13 Å². The van der Waals surface area contributed by atoms with Crippen LogP contribution < -0.4 is 10.5 Å². The minimum Gasteiger partial charge on any atom is -0.489 e. The lowest BCUT2D eigenvalue weighted by molar-refractivity contribution is 0.303. The van der Waals surface area contributed by atoms with Gasteiger partial charge in [0, 0.05) is 16.6 Å². The van der Waals surface area contributed by atoms with Crippen LogP contribution in [0.2, 0.25) is 0 Å². The van der Waals surface area contributed by atoms with Crippen molar-refractivity contribution in [1.82, 2.24) is 0 Å². The molecular formula is C14H13BrFNO. The molecule has 0 unspecified atom stereocenters. The summed E-state index contributed by atoms with van der Waals surface area (Å²) in [6.45, 7) is 0.813. The van der Waals surface area contributed by atoms with E-state index in [1.54, 1.807) is 12.1 Å². The van der Waals surface area contributed by atoms with Gasteiger partial charge in [-0.05, 0) is 35.9 Å². The molecule has 0 heterocycles. The van der Waals surface area contributed by atoms with Gasteiger partial charge >= 0.3 is 0 Å². The quantitative estimate of drug-likeness (QED) is 0.936. The number of nitrogens with two attached hydrogens (primary N) is 1. The van der Waals surface area contributed by atoms with Gasteiger partial charge in [0.2, 0.25) is 0 Å². The lowest BCUT2D eigenvalue weighted by atomic mass is 10.2. The van der Waals surface area contributed by atoms with Gasteiger partial charge < -0.3 is 10.5 Å². The molecule has 0 aliphatic rings. The Labute approximate surface area is 114 Å². The third-order valence-electron chi connectivity index (χ3n) is 2.55. The van der Waals surface area contributed by atoms with Gasteiger partial charge in [0.25, 0.3) is 0 Å². The van der Waals surface area contributed by atoms with E-state index >= 15 is 0 Å². The van der Waals surface area contributed by atoms with E-state index in [1.165, 1.54) is 12.1 Å². The van der Waals surface area contributed by atoms with Crippen molar-refractivity contribution in [3.05, 3.63) is 63.9 Å². The first-order valence-corrected chi connectivity index (χ1v) is 6.34. The van der Waals surface area contributed by atoms with Crippen LogP contribution in [0.1, 0.15) is 11.1 Å². The van der Waals surface area contributed by atoms with Crippen LogP contribution in [0.15, 0.2) is 46.9 Å². The third kappa shape index (κ3) is 3.31. The number of rotatable bonds is 4. The highest BCUT2D eigenvalue weighted by atomic mass is 79.9. The van der Waals surface area contributed by atoms with E-state index in [2.05, 4.69) is 15.9 Å². The minimum atomic E-state index is -0.245. The predicted octanol–water partition coefficient (Wildman–Crippen LogP) is 3.63. The molecule has 2 aromatic carbocycles. The summed E-state index contributed by atoms with van der Waals surface area (Å²) in [6.07, 6.45) is 0. The molecule has 0 amide bonds. The second kappa shape index (κ2) is 5.98. The summed E-state index contributed by atoms with van der Waals surface area (Å²) in [5.41, 5.74) is 7.51. The van der Waals surface area contributed by atoms with Crippen LogP contribution in [0.25, 0.3) is 0 Å². The summed E-state index contributed by atoms with van der Waals surface area (Å²) >= 11 is 3.39. The third-order valence-corrected chi connectivity index (χ3v) is 3.04. The van der Waals surface area contributed by atoms with Crippen molar-refractivity contribution in [3.8, 4) is 5.75 Å².